The molecule has 1 heterocycles. The van der Waals surface area contributed by atoms with Crippen molar-refractivity contribution in [1.29, 1.82) is 0 Å². The second-order valence-electron chi connectivity index (χ2n) is 3.78. The molecule has 0 aromatic rings. The monoisotopic (exact) mass is 289 g/mol. The zero-order valence-corrected chi connectivity index (χ0v) is 11.2. The van der Waals surface area contributed by atoms with Crippen molar-refractivity contribution >= 4 is 35.0 Å². The van der Waals surface area contributed by atoms with Crippen LogP contribution in [-0.4, -0.2) is 67.1 Å². The van der Waals surface area contributed by atoms with Gasteiger partial charge in [0, 0.05) is 6.54 Å². The molecule has 0 radical (unpaired) electrons. The first-order valence-electron chi connectivity index (χ1n) is 5.50. The Morgan fingerprint density at radius 3 is 2.79 bits per heavy atom. The number of carbonyl (C=O) groups excluding carboxylic acids is 3. The highest BCUT2D eigenvalue weighted by atomic mass is 32.1. The van der Waals surface area contributed by atoms with E-state index in [1.165, 1.54) is 12.0 Å². The highest BCUT2D eigenvalue weighted by Gasteiger charge is 2.32. The minimum atomic E-state index is -0.869. The molecule has 8 nitrogen and oxygen atoms in total. The van der Waals surface area contributed by atoms with Crippen LogP contribution in [0.2, 0.25) is 0 Å². The van der Waals surface area contributed by atoms with Crippen LogP contribution in [0.4, 0.5) is 0 Å². The molecule has 0 aromatic carbocycles. The molecule has 0 bridgehead atoms. The van der Waals surface area contributed by atoms with Gasteiger partial charge in [-0.2, -0.15) is 0 Å². The fourth-order valence-corrected chi connectivity index (χ4v) is 1.57. The SMILES string of the molecule is COC(=O)C1CN(C(=O)C(=O)NCC(N)=S)CCO1. The van der Waals surface area contributed by atoms with Crippen molar-refractivity contribution in [2.75, 3.05) is 33.4 Å². The molecule has 106 valence electrons. The number of hydrogen-bond acceptors (Lipinski definition) is 6. The van der Waals surface area contributed by atoms with E-state index in [0.717, 1.165) is 0 Å². The number of amides is 2. The van der Waals surface area contributed by atoms with E-state index in [-0.39, 0.29) is 31.2 Å². The molecule has 0 spiro atoms. The molecular formula is C10H15N3O5S. The molecule has 9 heteroatoms. The molecule has 1 rings (SSSR count). The summed E-state index contributed by atoms with van der Waals surface area (Å²) < 4.78 is 9.67. The third kappa shape index (κ3) is 4.45. The molecule has 2 amide bonds. The van der Waals surface area contributed by atoms with Gasteiger partial charge in [0.25, 0.3) is 0 Å². The number of esters is 1. The Hall–Kier alpha value is -1.74. The van der Waals surface area contributed by atoms with Crippen LogP contribution in [-0.2, 0) is 23.9 Å². The molecule has 0 aromatic heterocycles. The minimum Gasteiger partial charge on any atom is -0.467 e. The summed E-state index contributed by atoms with van der Waals surface area (Å²) in [4.78, 5) is 35.9. The number of carbonyl (C=O) groups is 3. The number of rotatable bonds is 3. The topological polar surface area (TPSA) is 111 Å². The van der Waals surface area contributed by atoms with Crippen LogP contribution in [0, 0.1) is 0 Å². The van der Waals surface area contributed by atoms with Crippen molar-refractivity contribution in [3.05, 3.63) is 0 Å². The first kappa shape index (κ1) is 15.3. The van der Waals surface area contributed by atoms with E-state index < -0.39 is 23.9 Å². The van der Waals surface area contributed by atoms with Crippen LogP contribution in [0.1, 0.15) is 0 Å². The fourth-order valence-electron chi connectivity index (χ4n) is 1.49. The quantitative estimate of drug-likeness (QED) is 0.344. The Morgan fingerprint density at radius 2 is 2.21 bits per heavy atom. The number of nitrogens with one attached hydrogen (secondary N) is 1. The first-order chi connectivity index (χ1) is 8.95. The van der Waals surface area contributed by atoms with Crippen LogP contribution < -0.4 is 11.1 Å². The van der Waals surface area contributed by atoms with E-state index in [2.05, 4.69) is 22.3 Å². The highest BCUT2D eigenvalue weighted by molar-refractivity contribution is 7.80. The Balaban J connectivity index is 2.54. The second kappa shape index (κ2) is 7.00. The number of nitrogens with zero attached hydrogens (tertiary/aromatic N) is 1. The van der Waals surface area contributed by atoms with Crippen molar-refractivity contribution < 1.29 is 23.9 Å². The van der Waals surface area contributed by atoms with Gasteiger partial charge in [-0.15, -0.1) is 0 Å². The zero-order chi connectivity index (χ0) is 14.4. The summed E-state index contributed by atoms with van der Waals surface area (Å²) in [6.45, 7) is 0.317. The summed E-state index contributed by atoms with van der Waals surface area (Å²) in [5.74, 6) is -2.16. The molecule has 3 N–H and O–H groups in total. The third-order valence-electron chi connectivity index (χ3n) is 2.44. The van der Waals surface area contributed by atoms with Crippen LogP contribution in [0.25, 0.3) is 0 Å². The lowest BCUT2D eigenvalue weighted by atomic mass is 10.2. The van der Waals surface area contributed by atoms with E-state index in [9.17, 15) is 14.4 Å². The number of methoxy groups -OCH3 is 1. The zero-order valence-electron chi connectivity index (χ0n) is 10.4. The Morgan fingerprint density at radius 1 is 1.53 bits per heavy atom. The summed E-state index contributed by atoms with van der Waals surface area (Å²) >= 11 is 4.58. The summed E-state index contributed by atoms with van der Waals surface area (Å²) in [5, 5.41) is 2.28. The molecule has 0 saturated carbocycles. The summed E-state index contributed by atoms with van der Waals surface area (Å²) in [6, 6.07) is 0. The number of hydrogen-bond donors (Lipinski definition) is 2. The maximum Gasteiger partial charge on any atom is 0.336 e. The predicted octanol–water partition coefficient (Wildman–Crippen LogP) is -2.21. The van der Waals surface area contributed by atoms with Crippen molar-refractivity contribution in [3.63, 3.8) is 0 Å². The lowest BCUT2D eigenvalue weighted by Crippen LogP contribution is -2.53. The smallest absolute Gasteiger partial charge is 0.336 e. The van der Waals surface area contributed by atoms with Gasteiger partial charge in [0.2, 0.25) is 0 Å². The first-order valence-corrected chi connectivity index (χ1v) is 5.91. The number of thiocarbonyl (C=S) groups is 1. The van der Waals surface area contributed by atoms with Gasteiger partial charge in [-0.1, -0.05) is 12.2 Å². The van der Waals surface area contributed by atoms with Gasteiger partial charge >= 0.3 is 17.8 Å². The van der Waals surface area contributed by atoms with Gasteiger partial charge < -0.3 is 25.4 Å². The summed E-state index contributed by atoms with van der Waals surface area (Å²) in [7, 11) is 1.22. The largest absolute Gasteiger partial charge is 0.467 e. The normalized spacial score (nSPS) is 18.6. The maximum atomic E-state index is 11.8. The lowest BCUT2D eigenvalue weighted by Gasteiger charge is -2.30. The molecule has 1 aliphatic heterocycles. The average Bonchev–Trinajstić information content (AvgIpc) is 2.43. The minimum absolute atomic E-state index is 0.0218. The second-order valence-corrected chi connectivity index (χ2v) is 4.31. The van der Waals surface area contributed by atoms with Gasteiger partial charge in [-0.25, -0.2) is 4.79 Å². The van der Waals surface area contributed by atoms with E-state index in [1.54, 1.807) is 0 Å². The third-order valence-corrected chi connectivity index (χ3v) is 2.58. The van der Waals surface area contributed by atoms with Crippen LogP contribution in [0.3, 0.4) is 0 Å². The van der Waals surface area contributed by atoms with Gasteiger partial charge in [0.05, 0.1) is 31.8 Å². The van der Waals surface area contributed by atoms with Gasteiger partial charge in [0.1, 0.15) is 0 Å². The molecule has 0 aliphatic carbocycles. The van der Waals surface area contributed by atoms with Crippen LogP contribution >= 0.6 is 12.2 Å². The fraction of sp³-hybridized carbons (Fsp3) is 0.600. The van der Waals surface area contributed by atoms with Crippen molar-refractivity contribution in [1.82, 2.24) is 10.2 Å². The van der Waals surface area contributed by atoms with E-state index in [0.29, 0.717) is 0 Å². The Labute approximate surface area is 115 Å². The molecule has 1 fully saturated rings. The molecule has 1 aliphatic rings. The van der Waals surface area contributed by atoms with Crippen LogP contribution in [0.15, 0.2) is 0 Å². The number of morpholine rings is 1. The molecular weight excluding hydrogens is 274 g/mol. The summed E-state index contributed by atoms with van der Waals surface area (Å²) in [5.41, 5.74) is 5.21. The average molecular weight is 289 g/mol. The van der Waals surface area contributed by atoms with Gasteiger partial charge in [0.15, 0.2) is 6.10 Å². The van der Waals surface area contributed by atoms with Crippen LogP contribution in [0.5, 0.6) is 0 Å². The highest BCUT2D eigenvalue weighted by Crippen LogP contribution is 2.07. The van der Waals surface area contributed by atoms with Gasteiger partial charge in [-0.05, 0) is 0 Å². The Kier molecular flexibility index (Phi) is 5.64. The van der Waals surface area contributed by atoms with E-state index in [1.807, 2.05) is 0 Å². The molecule has 19 heavy (non-hydrogen) atoms. The van der Waals surface area contributed by atoms with E-state index >= 15 is 0 Å². The standard InChI is InChI=1S/C10H15N3O5S/c1-17-10(16)6-5-13(2-3-18-6)9(15)8(14)12-4-7(11)19/h6H,2-5H2,1H3,(H2,11,19)(H,12,14). The molecule has 1 atom stereocenters. The van der Waals surface area contributed by atoms with Gasteiger partial charge in [-0.3, -0.25) is 9.59 Å². The number of ether oxygens (including phenoxy) is 2. The van der Waals surface area contributed by atoms with Crippen molar-refractivity contribution in [2.24, 2.45) is 5.73 Å². The lowest BCUT2D eigenvalue weighted by molar-refractivity contribution is -0.164. The molecule has 1 saturated heterocycles. The van der Waals surface area contributed by atoms with E-state index in [4.69, 9.17) is 10.5 Å². The molecule has 1 unspecified atom stereocenters. The number of nitrogens with two attached hydrogens (primary N) is 1. The summed E-state index contributed by atoms with van der Waals surface area (Å²) in [6.07, 6.45) is -0.869. The predicted molar refractivity (Wildman–Crippen MR) is 68.1 cm³/mol. The van der Waals surface area contributed by atoms with Crippen molar-refractivity contribution in [3.8, 4) is 0 Å². The van der Waals surface area contributed by atoms with Crippen molar-refractivity contribution in [2.45, 2.75) is 6.10 Å². The maximum absolute atomic E-state index is 11.8. The Bertz CT molecular complexity index is 401.